The lowest BCUT2D eigenvalue weighted by Crippen LogP contribution is -2.27. The van der Waals surface area contributed by atoms with Gasteiger partial charge in [-0.15, -0.1) is 0 Å². The first-order valence-electron chi connectivity index (χ1n) is 7.26. The number of carbonyl (C=O) groups excluding carboxylic acids is 1. The van der Waals surface area contributed by atoms with Crippen LogP contribution in [0.2, 0.25) is 0 Å². The summed E-state index contributed by atoms with van der Waals surface area (Å²) in [6, 6.07) is 16.7. The second kappa shape index (κ2) is 5.57. The van der Waals surface area contributed by atoms with Gasteiger partial charge < -0.3 is 5.32 Å². The standard InChI is InChI=1S/C19H19NO/c1-13-3-7-15(8-4-13)18-11-17(21)12-19(20-18)16-9-5-14(2)6-10-16/h3-11,19-20H,12H2,1-2H3/t19-/m0/s1. The summed E-state index contributed by atoms with van der Waals surface area (Å²) in [5.74, 6) is 0.176. The molecular formula is C19H19NO. The van der Waals surface area contributed by atoms with Crippen LogP contribution in [-0.4, -0.2) is 5.78 Å². The van der Waals surface area contributed by atoms with E-state index in [-0.39, 0.29) is 11.8 Å². The van der Waals surface area contributed by atoms with Gasteiger partial charge in [0.15, 0.2) is 5.78 Å². The third-order valence-electron chi connectivity index (χ3n) is 3.88. The van der Waals surface area contributed by atoms with E-state index in [2.05, 4.69) is 67.7 Å². The highest BCUT2D eigenvalue weighted by atomic mass is 16.1. The molecule has 1 aliphatic heterocycles. The molecule has 21 heavy (non-hydrogen) atoms. The minimum atomic E-state index is 0.0550. The van der Waals surface area contributed by atoms with Gasteiger partial charge in [0.2, 0.25) is 0 Å². The van der Waals surface area contributed by atoms with Crippen LogP contribution in [0.1, 0.15) is 34.7 Å². The average molecular weight is 277 g/mol. The summed E-state index contributed by atoms with van der Waals surface area (Å²) < 4.78 is 0. The van der Waals surface area contributed by atoms with E-state index < -0.39 is 0 Å². The number of rotatable bonds is 2. The maximum atomic E-state index is 12.0. The number of hydrogen-bond donors (Lipinski definition) is 1. The van der Waals surface area contributed by atoms with Gasteiger partial charge in [-0.2, -0.15) is 0 Å². The first-order chi connectivity index (χ1) is 10.1. The summed E-state index contributed by atoms with van der Waals surface area (Å²) in [4.78, 5) is 12.0. The molecule has 1 heterocycles. The quantitative estimate of drug-likeness (QED) is 0.900. The summed E-state index contributed by atoms with van der Waals surface area (Å²) in [5, 5.41) is 3.50. The molecule has 0 unspecified atom stereocenters. The van der Waals surface area contributed by atoms with Gasteiger partial charge in [0, 0.05) is 18.2 Å². The van der Waals surface area contributed by atoms with E-state index in [4.69, 9.17) is 0 Å². The Balaban J connectivity index is 1.88. The van der Waals surface area contributed by atoms with Crippen molar-refractivity contribution < 1.29 is 4.79 Å². The Morgan fingerprint density at radius 2 is 1.48 bits per heavy atom. The first kappa shape index (κ1) is 13.6. The maximum Gasteiger partial charge on any atom is 0.160 e. The largest absolute Gasteiger partial charge is 0.377 e. The Morgan fingerprint density at radius 1 is 0.905 bits per heavy atom. The van der Waals surface area contributed by atoms with E-state index in [0.29, 0.717) is 6.42 Å². The monoisotopic (exact) mass is 277 g/mol. The highest BCUT2D eigenvalue weighted by Gasteiger charge is 2.21. The molecule has 1 atom stereocenters. The second-order valence-corrected chi connectivity index (χ2v) is 5.70. The fourth-order valence-electron chi connectivity index (χ4n) is 2.60. The van der Waals surface area contributed by atoms with Crippen LogP contribution >= 0.6 is 0 Å². The molecular weight excluding hydrogens is 258 g/mol. The van der Waals surface area contributed by atoms with Crippen LogP contribution in [-0.2, 0) is 4.79 Å². The van der Waals surface area contributed by atoms with Crippen molar-refractivity contribution in [2.75, 3.05) is 0 Å². The Labute approximate surface area is 125 Å². The summed E-state index contributed by atoms with van der Waals surface area (Å²) in [6.45, 7) is 4.13. The zero-order valence-corrected chi connectivity index (χ0v) is 12.4. The van der Waals surface area contributed by atoms with E-state index in [1.54, 1.807) is 6.08 Å². The van der Waals surface area contributed by atoms with Crippen LogP contribution < -0.4 is 5.32 Å². The molecule has 0 radical (unpaired) electrons. The van der Waals surface area contributed by atoms with Crippen molar-refractivity contribution in [3.63, 3.8) is 0 Å². The summed E-state index contributed by atoms with van der Waals surface area (Å²) in [7, 11) is 0. The second-order valence-electron chi connectivity index (χ2n) is 5.70. The van der Waals surface area contributed by atoms with Gasteiger partial charge in [0.1, 0.15) is 0 Å². The number of hydrogen-bond acceptors (Lipinski definition) is 2. The topological polar surface area (TPSA) is 29.1 Å². The van der Waals surface area contributed by atoms with Gasteiger partial charge in [-0.1, -0.05) is 59.7 Å². The highest BCUT2D eigenvalue weighted by Crippen LogP contribution is 2.27. The Morgan fingerprint density at radius 3 is 2.10 bits per heavy atom. The molecule has 0 bridgehead atoms. The van der Waals surface area contributed by atoms with Crippen LogP contribution in [0.3, 0.4) is 0 Å². The SMILES string of the molecule is Cc1ccc(C2=CC(=O)C[C@@H](c3ccc(C)cc3)N2)cc1. The van der Waals surface area contributed by atoms with Crippen molar-refractivity contribution in [3.05, 3.63) is 76.9 Å². The number of benzene rings is 2. The van der Waals surface area contributed by atoms with Gasteiger partial charge in [0.05, 0.1) is 6.04 Å². The minimum absolute atomic E-state index is 0.0550. The Kier molecular flexibility index (Phi) is 3.61. The lowest BCUT2D eigenvalue weighted by atomic mass is 9.95. The van der Waals surface area contributed by atoms with E-state index in [0.717, 1.165) is 16.8 Å². The number of ketones is 1. The van der Waals surface area contributed by atoms with Crippen molar-refractivity contribution in [2.24, 2.45) is 0 Å². The van der Waals surface area contributed by atoms with E-state index in [1.165, 1.54) is 11.1 Å². The molecule has 2 heteroatoms. The molecule has 0 fully saturated rings. The number of carbonyl (C=O) groups is 1. The predicted molar refractivity (Wildman–Crippen MR) is 85.8 cm³/mol. The van der Waals surface area contributed by atoms with Crippen LogP contribution in [0.5, 0.6) is 0 Å². The molecule has 0 amide bonds. The zero-order valence-electron chi connectivity index (χ0n) is 12.4. The Bertz CT molecular complexity index is 681. The van der Waals surface area contributed by atoms with Crippen LogP contribution in [0.4, 0.5) is 0 Å². The zero-order chi connectivity index (χ0) is 14.8. The van der Waals surface area contributed by atoms with Crippen molar-refractivity contribution in [1.82, 2.24) is 5.32 Å². The van der Waals surface area contributed by atoms with Crippen LogP contribution in [0.15, 0.2) is 54.6 Å². The fourth-order valence-corrected chi connectivity index (χ4v) is 2.60. The van der Waals surface area contributed by atoms with Gasteiger partial charge in [-0.05, 0) is 25.0 Å². The molecule has 0 spiro atoms. The summed E-state index contributed by atoms with van der Waals surface area (Å²) in [5.41, 5.74) is 5.58. The summed E-state index contributed by atoms with van der Waals surface area (Å²) in [6.07, 6.45) is 2.23. The van der Waals surface area contributed by atoms with Gasteiger partial charge >= 0.3 is 0 Å². The molecule has 1 aliphatic rings. The number of allylic oxidation sites excluding steroid dienone is 1. The molecule has 0 saturated heterocycles. The first-order valence-corrected chi connectivity index (χ1v) is 7.26. The van der Waals surface area contributed by atoms with E-state index >= 15 is 0 Å². The van der Waals surface area contributed by atoms with Crippen molar-refractivity contribution in [3.8, 4) is 0 Å². The third-order valence-corrected chi connectivity index (χ3v) is 3.88. The van der Waals surface area contributed by atoms with Crippen molar-refractivity contribution in [2.45, 2.75) is 26.3 Å². The lowest BCUT2D eigenvalue weighted by Gasteiger charge is -2.25. The van der Waals surface area contributed by atoms with Crippen molar-refractivity contribution in [1.29, 1.82) is 0 Å². The molecule has 0 aliphatic carbocycles. The van der Waals surface area contributed by atoms with Gasteiger partial charge in [0.25, 0.3) is 0 Å². The molecule has 1 N–H and O–H groups in total. The fraction of sp³-hybridized carbons (Fsp3) is 0.211. The number of aryl methyl sites for hydroxylation is 2. The molecule has 106 valence electrons. The normalized spacial score (nSPS) is 18.1. The third kappa shape index (κ3) is 3.05. The average Bonchev–Trinajstić information content (AvgIpc) is 2.48. The Hall–Kier alpha value is -2.35. The minimum Gasteiger partial charge on any atom is -0.377 e. The van der Waals surface area contributed by atoms with Crippen molar-refractivity contribution >= 4 is 11.5 Å². The molecule has 2 nitrogen and oxygen atoms in total. The molecule has 2 aromatic carbocycles. The lowest BCUT2D eigenvalue weighted by molar-refractivity contribution is -0.115. The molecule has 2 aromatic rings. The number of nitrogens with one attached hydrogen (secondary N) is 1. The van der Waals surface area contributed by atoms with Crippen LogP contribution in [0, 0.1) is 13.8 Å². The molecule has 0 aromatic heterocycles. The van der Waals surface area contributed by atoms with Crippen LogP contribution in [0.25, 0.3) is 5.70 Å². The highest BCUT2D eigenvalue weighted by molar-refractivity contribution is 5.98. The maximum absolute atomic E-state index is 12.0. The smallest absolute Gasteiger partial charge is 0.160 e. The van der Waals surface area contributed by atoms with E-state index in [9.17, 15) is 4.79 Å². The predicted octanol–water partition coefficient (Wildman–Crippen LogP) is 3.95. The molecule has 3 rings (SSSR count). The van der Waals surface area contributed by atoms with Gasteiger partial charge in [-0.25, -0.2) is 0 Å². The molecule has 0 saturated carbocycles. The van der Waals surface area contributed by atoms with E-state index in [1.807, 2.05) is 0 Å². The summed E-state index contributed by atoms with van der Waals surface area (Å²) >= 11 is 0. The van der Waals surface area contributed by atoms with Gasteiger partial charge in [-0.3, -0.25) is 4.79 Å².